The largest absolute Gasteiger partial charge is 0.497 e. The van der Waals surface area contributed by atoms with Crippen molar-refractivity contribution in [3.05, 3.63) is 35.7 Å². The molecule has 25 heavy (non-hydrogen) atoms. The molecule has 2 amide bonds. The topological polar surface area (TPSA) is 87.3 Å². The molecule has 1 saturated heterocycles. The Morgan fingerprint density at radius 2 is 2.24 bits per heavy atom. The lowest BCUT2D eigenvalue weighted by atomic mass is 10.1. The first kappa shape index (κ1) is 15.7. The molecular weight excluding hydrogens is 320 g/mol. The second-order valence-electron chi connectivity index (χ2n) is 6.41. The van der Waals surface area contributed by atoms with E-state index < -0.39 is 0 Å². The summed E-state index contributed by atoms with van der Waals surface area (Å²) < 4.78 is 5.26. The molecule has 3 heterocycles. The Bertz CT molecular complexity index is 829. The number of hydrogen-bond acceptors (Lipinski definition) is 4. The maximum Gasteiger partial charge on any atom is 0.245 e. The molecule has 2 aliphatic rings. The predicted octanol–water partition coefficient (Wildman–Crippen LogP) is 1.25. The molecule has 1 aromatic carbocycles. The van der Waals surface area contributed by atoms with Crippen molar-refractivity contribution in [3.63, 3.8) is 0 Å². The zero-order valence-corrected chi connectivity index (χ0v) is 14.0. The summed E-state index contributed by atoms with van der Waals surface area (Å²) >= 11 is 0. The van der Waals surface area contributed by atoms with Gasteiger partial charge in [0.1, 0.15) is 17.6 Å². The Kier molecular flexibility index (Phi) is 3.91. The molecule has 2 aliphatic heterocycles. The molecule has 1 aromatic heterocycles. The highest BCUT2D eigenvalue weighted by molar-refractivity contribution is 5.90. The standard InChI is InChI=1S/C18H20N4O3/c1-25-12-4-2-3-11(9-12)17-20-13-7-8-22(10-15(13)21-17)18(24)14-5-6-16(23)19-14/h2-4,9,14H,5-8,10H2,1H3,(H,19,23)(H,20,21)/t14-/m0/s1. The number of carbonyl (C=O) groups excluding carboxylic acids is 2. The van der Waals surface area contributed by atoms with Gasteiger partial charge < -0.3 is 19.9 Å². The number of ether oxygens (including phenoxy) is 1. The maximum atomic E-state index is 12.6. The molecule has 1 fully saturated rings. The Morgan fingerprint density at radius 3 is 3.00 bits per heavy atom. The minimum Gasteiger partial charge on any atom is -0.497 e. The summed E-state index contributed by atoms with van der Waals surface area (Å²) in [4.78, 5) is 33.7. The fourth-order valence-corrected chi connectivity index (χ4v) is 3.41. The summed E-state index contributed by atoms with van der Waals surface area (Å²) in [6.45, 7) is 1.12. The summed E-state index contributed by atoms with van der Waals surface area (Å²) in [5, 5.41) is 2.75. The number of benzene rings is 1. The van der Waals surface area contributed by atoms with Gasteiger partial charge in [-0.25, -0.2) is 4.98 Å². The monoisotopic (exact) mass is 340 g/mol. The van der Waals surface area contributed by atoms with Crippen LogP contribution in [0.3, 0.4) is 0 Å². The second-order valence-corrected chi connectivity index (χ2v) is 6.41. The van der Waals surface area contributed by atoms with Crippen molar-refractivity contribution in [3.8, 4) is 17.1 Å². The van der Waals surface area contributed by atoms with E-state index in [1.54, 1.807) is 12.0 Å². The van der Waals surface area contributed by atoms with Crippen LogP contribution in [0.5, 0.6) is 5.75 Å². The third kappa shape index (κ3) is 2.97. The maximum absolute atomic E-state index is 12.6. The van der Waals surface area contributed by atoms with Gasteiger partial charge in [-0.2, -0.15) is 0 Å². The van der Waals surface area contributed by atoms with Crippen LogP contribution in [0.4, 0.5) is 0 Å². The lowest BCUT2D eigenvalue weighted by Crippen LogP contribution is -2.46. The lowest BCUT2D eigenvalue weighted by Gasteiger charge is -2.28. The molecule has 2 aromatic rings. The number of H-pyrrole nitrogens is 1. The summed E-state index contributed by atoms with van der Waals surface area (Å²) in [7, 11) is 1.64. The van der Waals surface area contributed by atoms with E-state index in [1.807, 2.05) is 24.3 Å². The van der Waals surface area contributed by atoms with Crippen molar-refractivity contribution < 1.29 is 14.3 Å². The molecule has 130 valence electrons. The van der Waals surface area contributed by atoms with Crippen molar-refractivity contribution in [1.82, 2.24) is 20.2 Å². The van der Waals surface area contributed by atoms with Gasteiger partial charge in [0.25, 0.3) is 0 Å². The van der Waals surface area contributed by atoms with E-state index in [2.05, 4.69) is 15.3 Å². The van der Waals surface area contributed by atoms with Crippen LogP contribution in [0.15, 0.2) is 24.3 Å². The van der Waals surface area contributed by atoms with E-state index >= 15 is 0 Å². The van der Waals surface area contributed by atoms with E-state index in [0.717, 1.165) is 28.5 Å². The van der Waals surface area contributed by atoms with Crippen LogP contribution in [0.25, 0.3) is 11.4 Å². The van der Waals surface area contributed by atoms with Gasteiger partial charge in [0, 0.05) is 24.9 Å². The molecule has 4 rings (SSSR count). The number of nitrogens with zero attached hydrogens (tertiary/aromatic N) is 2. The molecule has 0 bridgehead atoms. The molecule has 2 N–H and O–H groups in total. The van der Waals surface area contributed by atoms with Gasteiger partial charge in [-0.1, -0.05) is 12.1 Å². The second kappa shape index (κ2) is 6.23. The molecular formula is C18H20N4O3. The van der Waals surface area contributed by atoms with Crippen LogP contribution in [0.2, 0.25) is 0 Å². The smallest absolute Gasteiger partial charge is 0.245 e. The summed E-state index contributed by atoms with van der Waals surface area (Å²) in [6.07, 6.45) is 1.72. The van der Waals surface area contributed by atoms with Gasteiger partial charge in [-0.3, -0.25) is 9.59 Å². The number of rotatable bonds is 3. The number of hydrogen-bond donors (Lipinski definition) is 2. The van der Waals surface area contributed by atoms with Gasteiger partial charge in [0.2, 0.25) is 11.8 Å². The van der Waals surface area contributed by atoms with Crippen molar-refractivity contribution in [2.75, 3.05) is 13.7 Å². The van der Waals surface area contributed by atoms with Crippen LogP contribution in [0.1, 0.15) is 24.2 Å². The minimum atomic E-state index is -0.380. The molecule has 7 nitrogen and oxygen atoms in total. The summed E-state index contributed by atoms with van der Waals surface area (Å²) in [6, 6.07) is 7.34. The third-order valence-electron chi connectivity index (χ3n) is 4.78. The first-order chi connectivity index (χ1) is 12.1. The first-order valence-corrected chi connectivity index (χ1v) is 8.44. The van der Waals surface area contributed by atoms with Crippen molar-refractivity contribution in [1.29, 1.82) is 0 Å². The van der Waals surface area contributed by atoms with E-state index in [1.165, 1.54) is 0 Å². The number of imidazole rings is 1. The number of methoxy groups -OCH3 is 1. The number of aromatic amines is 1. The number of amides is 2. The number of fused-ring (bicyclic) bond motifs is 1. The summed E-state index contributed by atoms with van der Waals surface area (Å²) in [5.41, 5.74) is 2.91. The fourth-order valence-electron chi connectivity index (χ4n) is 3.41. The zero-order valence-electron chi connectivity index (χ0n) is 14.0. The van der Waals surface area contributed by atoms with Crippen LogP contribution >= 0.6 is 0 Å². The molecule has 0 radical (unpaired) electrons. The number of aromatic nitrogens is 2. The van der Waals surface area contributed by atoms with Crippen LogP contribution in [-0.4, -0.2) is 46.4 Å². The van der Waals surface area contributed by atoms with Crippen LogP contribution < -0.4 is 10.1 Å². The molecule has 0 spiro atoms. The minimum absolute atomic E-state index is 0.00553. The highest BCUT2D eigenvalue weighted by atomic mass is 16.5. The highest BCUT2D eigenvalue weighted by Gasteiger charge is 2.33. The molecule has 0 aliphatic carbocycles. The quantitative estimate of drug-likeness (QED) is 0.880. The van der Waals surface area contributed by atoms with E-state index in [-0.39, 0.29) is 17.9 Å². The van der Waals surface area contributed by atoms with Gasteiger partial charge in [-0.15, -0.1) is 0 Å². The van der Waals surface area contributed by atoms with Crippen LogP contribution in [0, 0.1) is 0 Å². The van der Waals surface area contributed by atoms with Gasteiger partial charge >= 0.3 is 0 Å². The Morgan fingerprint density at radius 1 is 1.36 bits per heavy atom. The molecule has 0 unspecified atom stereocenters. The molecule has 0 saturated carbocycles. The van der Waals surface area contributed by atoms with E-state index in [0.29, 0.717) is 32.4 Å². The predicted molar refractivity (Wildman–Crippen MR) is 90.9 cm³/mol. The molecule has 1 atom stereocenters. The van der Waals surface area contributed by atoms with Crippen molar-refractivity contribution in [2.24, 2.45) is 0 Å². The Hall–Kier alpha value is -2.83. The van der Waals surface area contributed by atoms with Crippen molar-refractivity contribution in [2.45, 2.75) is 31.8 Å². The fraction of sp³-hybridized carbons (Fsp3) is 0.389. The average Bonchev–Trinajstić information content (AvgIpc) is 3.26. The average molecular weight is 340 g/mol. The summed E-state index contributed by atoms with van der Waals surface area (Å²) in [5.74, 6) is 1.51. The first-order valence-electron chi connectivity index (χ1n) is 8.44. The normalized spacial score (nSPS) is 19.5. The molecule has 7 heteroatoms. The van der Waals surface area contributed by atoms with Gasteiger partial charge in [-0.05, 0) is 18.6 Å². The van der Waals surface area contributed by atoms with Crippen LogP contribution in [-0.2, 0) is 22.6 Å². The van der Waals surface area contributed by atoms with Gasteiger partial charge in [0.05, 0.1) is 25.0 Å². The third-order valence-corrected chi connectivity index (χ3v) is 4.78. The number of nitrogens with one attached hydrogen (secondary N) is 2. The Labute approximate surface area is 145 Å². The Balaban J connectivity index is 1.53. The van der Waals surface area contributed by atoms with Crippen molar-refractivity contribution >= 4 is 11.8 Å². The van der Waals surface area contributed by atoms with E-state index in [9.17, 15) is 9.59 Å². The lowest BCUT2D eigenvalue weighted by molar-refractivity contribution is -0.135. The van der Waals surface area contributed by atoms with Gasteiger partial charge in [0.15, 0.2) is 0 Å². The zero-order chi connectivity index (χ0) is 17.4. The number of carbonyl (C=O) groups is 2. The SMILES string of the molecule is COc1cccc(-c2nc3c([nH]2)CN(C(=O)[C@@H]2CCC(=O)N2)CC3)c1. The van der Waals surface area contributed by atoms with E-state index in [4.69, 9.17) is 4.74 Å². The highest BCUT2D eigenvalue weighted by Crippen LogP contribution is 2.26.